The van der Waals surface area contributed by atoms with Gasteiger partial charge in [-0.2, -0.15) is 0 Å². The summed E-state index contributed by atoms with van der Waals surface area (Å²) < 4.78 is 28.8. The van der Waals surface area contributed by atoms with Gasteiger partial charge in [-0.3, -0.25) is 4.79 Å². The fourth-order valence-corrected chi connectivity index (χ4v) is 9.41. The van der Waals surface area contributed by atoms with Crippen molar-refractivity contribution in [3.63, 3.8) is 0 Å². The fourth-order valence-electron chi connectivity index (χ4n) is 9.41. The standard InChI is InChI=1S/C47H87NO20/c1-4-6-7-8-9-10-11-12-13-14-15-16-17-18-19-20-35(55)48-29(36(56)30(52)5-2)26-64-33-21-28(23-49)43(40(60)38(33)58)66-45-41(61)44(39(59)34(25-51)65-45)68-47(46(62)63)22-31(53)27(3)42(67-47)37(57)32(54)24-50/h27-34,36-45,49-54,56-61H,4-26H2,1-3H3,(H,48,55)(H,62,63)/t27-,28+,29-,30+,31?,32+,33-,34?,36-,37+,38?,39-,40?,41?,42+,43+,44-,45-,47-/m0/s1. The van der Waals surface area contributed by atoms with Crippen LogP contribution in [0.1, 0.15) is 143 Å². The lowest BCUT2D eigenvalue weighted by Crippen LogP contribution is -2.67. The summed E-state index contributed by atoms with van der Waals surface area (Å²) in [5.74, 6) is -7.21. The van der Waals surface area contributed by atoms with E-state index in [4.69, 9.17) is 23.7 Å². The zero-order valence-electron chi connectivity index (χ0n) is 40.3. The summed E-state index contributed by atoms with van der Waals surface area (Å²) in [6, 6.07) is -1.12. The number of nitrogens with one attached hydrogen (secondary N) is 1. The van der Waals surface area contributed by atoms with Crippen LogP contribution in [-0.4, -0.2) is 208 Å². The molecule has 0 aromatic heterocycles. The molecule has 19 atom stereocenters. The van der Waals surface area contributed by atoms with Gasteiger partial charge in [-0.25, -0.2) is 4.79 Å². The summed E-state index contributed by atoms with van der Waals surface area (Å²) in [4.78, 5) is 25.8. The molecule has 1 aliphatic carbocycles. The number of amides is 1. The van der Waals surface area contributed by atoms with E-state index >= 15 is 0 Å². The number of hydrogen-bond acceptors (Lipinski definition) is 19. The highest BCUT2D eigenvalue weighted by Gasteiger charge is 2.59. The molecular formula is C47H87NO20. The number of unbranched alkanes of at least 4 members (excludes halogenated alkanes) is 14. The quantitative estimate of drug-likeness (QED) is 0.0368. The first kappa shape index (κ1) is 60.6. The number of carboxylic acid groups (broad SMARTS) is 1. The van der Waals surface area contributed by atoms with E-state index in [0.29, 0.717) is 6.42 Å². The molecule has 68 heavy (non-hydrogen) atoms. The van der Waals surface area contributed by atoms with Crippen molar-refractivity contribution in [2.45, 2.75) is 246 Å². The van der Waals surface area contributed by atoms with E-state index in [9.17, 15) is 76.0 Å². The molecule has 3 rings (SSSR count). The van der Waals surface area contributed by atoms with Crippen LogP contribution in [0.15, 0.2) is 0 Å². The van der Waals surface area contributed by atoms with Crippen LogP contribution in [0.5, 0.6) is 0 Å². The fraction of sp³-hybridized carbons (Fsp3) is 0.957. The number of rotatable bonds is 33. The molecule has 400 valence electrons. The van der Waals surface area contributed by atoms with Crippen molar-refractivity contribution in [3.8, 4) is 0 Å². The minimum absolute atomic E-state index is 0.155. The van der Waals surface area contributed by atoms with E-state index in [0.717, 1.165) is 25.7 Å². The molecule has 2 aliphatic heterocycles. The second-order valence-electron chi connectivity index (χ2n) is 19.3. The number of carboxylic acids is 1. The van der Waals surface area contributed by atoms with Gasteiger partial charge in [0, 0.05) is 31.3 Å². The second kappa shape index (κ2) is 31.0. The molecular weight excluding hydrogens is 899 g/mol. The van der Waals surface area contributed by atoms with Crippen LogP contribution in [0.2, 0.25) is 0 Å². The maximum absolute atomic E-state index is 13.0. The van der Waals surface area contributed by atoms with Crippen LogP contribution in [0.3, 0.4) is 0 Å². The summed E-state index contributed by atoms with van der Waals surface area (Å²) in [6.45, 7) is 2.27. The predicted molar refractivity (Wildman–Crippen MR) is 242 cm³/mol. The molecule has 0 aromatic carbocycles. The predicted octanol–water partition coefficient (Wildman–Crippen LogP) is -0.526. The van der Waals surface area contributed by atoms with Crippen molar-refractivity contribution in [2.24, 2.45) is 11.8 Å². The van der Waals surface area contributed by atoms with E-state index in [1.54, 1.807) is 6.92 Å². The summed E-state index contributed by atoms with van der Waals surface area (Å²) in [5.41, 5.74) is 0. The summed E-state index contributed by atoms with van der Waals surface area (Å²) in [5, 5.41) is 141. The lowest BCUT2D eigenvalue weighted by molar-refractivity contribution is -0.380. The zero-order valence-corrected chi connectivity index (χ0v) is 40.3. The molecule has 21 nitrogen and oxygen atoms in total. The molecule has 0 spiro atoms. The van der Waals surface area contributed by atoms with Crippen LogP contribution in [-0.2, 0) is 33.3 Å². The molecule has 1 saturated carbocycles. The number of aliphatic hydroxyl groups is 12. The van der Waals surface area contributed by atoms with Crippen molar-refractivity contribution in [3.05, 3.63) is 0 Å². The maximum atomic E-state index is 13.0. The topological polar surface area (TPSA) is 355 Å². The van der Waals surface area contributed by atoms with Crippen molar-refractivity contribution < 1.29 is 99.7 Å². The third kappa shape index (κ3) is 17.5. The highest BCUT2D eigenvalue weighted by Crippen LogP contribution is 2.40. The monoisotopic (exact) mass is 986 g/mol. The van der Waals surface area contributed by atoms with E-state index < -0.39 is 154 Å². The Morgan fingerprint density at radius 2 is 1.31 bits per heavy atom. The second-order valence-corrected chi connectivity index (χ2v) is 19.3. The van der Waals surface area contributed by atoms with E-state index in [-0.39, 0.29) is 25.2 Å². The van der Waals surface area contributed by atoms with E-state index in [1.807, 2.05) is 0 Å². The van der Waals surface area contributed by atoms with Crippen LogP contribution in [0.25, 0.3) is 0 Å². The van der Waals surface area contributed by atoms with Gasteiger partial charge in [0.1, 0.15) is 54.9 Å². The first-order chi connectivity index (χ1) is 32.4. The average Bonchev–Trinajstić information content (AvgIpc) is 3.32. The third-order valence-corrected chi connectivity index (χ3v) is 14.0. The lowest BCUT2D eigenvalue weighted by Gasteiger charge is -2.50. The molecule has 21 heteroatoms. The number of ether oxygens (including phenoxy) is 5. The van der Waals surface area contributed by atoms with Crippen molar-refractivity contribution in [2.75, 3.05) is 26.4 Å². The Labute approximate surface area is 400 Å². The number of hydrogen-bond donors (Lipinski definition) is 14. The highest BCUT2D eigenvalue weighted by atomic mass is 16.8. The van der Waals surface area contributed by atoms with Crippen molar-refractivity contribution in [1.82, 2.24) is 5.32 Å². The normalized spacial score (nSPS) is 34.5. The molecule has 14 N–H and O–H groups in total. The van der Waals surface area contributed by atoms with Gasteiger partial charge < -0.3 is 95.4 Å². The van der Waals surface area contributed by atoms with Gasteiger partial charge >= 0.3 is 5.97 Å². The van der Waals surface area contributed by atoms with Gasteiger partial charge in [-0.05, 0) is 19.3 Å². The van der Waals surface area contributed by atoms with Gasteiger partial charge in [0.15, 0.2) is 6.29 Å². The Hall–Kier alpha value is -1.74. The number of aliphatic carboxylic acids is 1. The van der Waals surface area contributed by atoms with Crippen molar-refractivity contribution in [1.29, 1.82) is 0 Å². The Morgan fingerprint density at radius 3 is 1.82 bits per heavy atom. The first-order valence-electron chi connectivity index (χ1n) is 25.2. The highest BCUT2D eigenvalue weighted by molar-refractivity contribution is 5.76. The maximum Gasteiger partial charge on any atom is 0.364 e. The van der Waals surface area contributed by atoms with E-state index in [1.165, 1.54) is 71.1 Å². The lowest BCUT2D eigenvalue weighted by atomic mass is 9.80. The van der Waals surface area contributed by atoms with E-state index in [2.05, 4.69) is 12.2 Å². The summed E-state index contributed by atoms with van der Waals surface area (Å²) in [6.07, 6.45) is -8.79. The number of carbonyl (C=O) groups excluding carboxylic acids is 1. The molecule has 3 fully saturated rings. The number of carbonyl (C=O) groups is 2. The molecule has 0 aromatic rings. The van der Waals surface area contributed by atoms with Crippen molar-refractivity contribution >= 4 is 11.9 Å². The molecule has 1 amide bonds. The molecule has 2 heterocycles. The minimum atomic E-state index is -2.90. The third-order valence-electron chi connectivity index (χ3n) is 14.0. The molecule has 3 aliphatic rings. The van der Waals surface area contributed by atoms with Gasteiger partial charge in [0.2, 0.25) is 5.91 Å². The van der Waals surface area contributed by atoms with Crippen LogP contribution >= 0.6 is 0 Å². The summed E-state index contributed by atoms with van der Waals surface area (Å²) in [7, 11) is 0. The van der Waals surface area contributed by atoms with Gasteiger partial charge in [-0.1, -0.05) is 111 Å². The largest absolute Gasteiger partial charge is 0.477 e. The Balaban J connectivity index is 1.60. The van der Waals surface area contributed by atoms with Gasteiger partial charge in [0.05, 0.1) is 56.4 Å². The van der Waals surface area contributed by atoms with Gasteiger partial charge in [0.25, 0.3) is 5.79 Å². The zero-order chi connectivity index (χ0) is 50.6. The Bertz CT molecular complexity index is 1400. The Kier molecular flexibility index (Phi) is 27.6. The van der Waals surface area contributed by atoms with Gasteiger partial charge in [-0.15, -0.1) is 0 Å². The van der Waals surface area contributed by atoms with Crippen LogP contribution in [0, 0.1) is 11.8 Å². The molecule has 2 saturated heterocycles. The average molecular weight is 986 g/mol. The molecule has 5 unspecified atom stereocenters. The SMILES string of the molecule is CCCCCCCCCCCCCCCCCC(=O)N[C@@H](CO[C@H]1C[C@H](CO)[C@@H](O[C@@H]2OC(CO)[C@H](O)[C@H](O[C@]3(C(=O)O)CC(O)[C@H](C)[C@H]([C@H](O)[C@H](O)CO)O3)C2O)C(O)C1O)[C@H](O)[C@H](O)CC. The first-order valence-corrected chi connectivity index (χ1v) is 25.2. The Morgan fingerprint density at radius 1 is 0.735 bits per heavy atom. The van der Waals surface area contributed by atoms with Crippen LogP contribution < -0.4 is 5.32 Å². The minimum Gasteiger partial charge on any atom is -0.477 e. The summed E-state index contributed by atoms with van der Waals surface area (Å²) >= 11 is 0. The molecule has 0 radical (unpaired) electrons. The number of aliphatic hydroxyl groups excluding tert-OH is 12. The van der Waals surface area contributed by atoms with Crippen LogP contribution in [0.4, 0.5) is 0 Å². The molecule has 0 bridgehead atoms. The smallest absolute Gasteiger partial charge is 0.364 e.